The van der Waals surface area contributed by atoms with Crippen molar-refractivity contribution in [2.45, 2.75) is 38.0 Å². The van der Waals surface area contributed by atoms with E-state index in [1.807, 2.05) is 29.2 Å². The first-order valence-electron chi connectivity index (χ1n) is 8.47. The summed E-state index contributed by atoms with van der Waals surface area (Å²) >= 11 is 6.27. The van der Waals surface area contributed by atoms with Crippen molar-refractivity contribution in [3.8, 4) is 0 Å². The van der Waals surface area contributed by atoms with E-state index in [0.29, 0.717) is 12.4 Å². The standard InChI is InChI=1S/C18H20ClN3O2/c1-11-20-17(21-24-11)12-5-4-8-22(10-12)18(23)15-9-14(15)13-6-2-3-7-16(13)19/h2-3,6-7,12,14-15H,4-5,8-10H2,1H3/t12-,14-,15-/m1/s1. The van der Waals surface area contributed by atoms with Crippen molar-refractivity contribution >= 4 is 17.5 Å². The molecule has 6 heteroatoms. The van der Waals surface area contributed by atoms with Crippen molar-refractivity contribution < 1.29 is 9.32 Å². The van der Waals surface area contributed by atoms with Crippen LogP contribution in [0.4, 0.5) is 0 Å². The van der Waals surface area contributed by atoms with Gasteiger partial charge in [-0.05, 0) is 36.8 Å². The fraction of sp³-hybridized carbons (Fsp3) is 0.500. The molecule has 0 bridgehead atoms. The van der Waals surface area contributed by atoms with Gasteiger partial charge in [0.25, 0.3) is 0 Å². The van der Waals surface area contributed by atoms with Crippen molar-refractivity contribution in [2.24, 2.45) is 5.92 Å². The highest BCUT2D eigenvalue weighted by Gasteiger charge is 2.47. The van der Waals surface area contributed by atoms with Crippen LogP contribution in [0.15, 0.2) is 28.8 Å². The lowest BCUT2D eigenvalue weighted by molar-refractivity contribution is -0.133. The quantitative estimate of drug-likeness (QED) is 0.853. The molecule has 1 aliphatic heterocycles. The fourth-order valence-corrected chi connectivity index (χ4v) is 3.97. The van der Waals surface area contributed by atoms with Gasteiger partial charge >= 0.3 is 0 Å². The Labute approximate surface area is 146 Å². The molecule has 5 nitrogen and oxygen atoms in total. The second kappa shape index (κ2) is 6.20. The summed E-state index contributed by atoms with van der Waals surface area (Å²) in [5, 5.41) is 4.79. The first kappa shape index (κ1) is 15.6. The van der Waals surface area contributed by atoms with Gasteiger partial charge in [0.2, 0.25) is 11.8 Å². The summed E-state index contributed by atoms with van der Waals surface area (Å²) in [4.78, 5) is 19.2. The summed E-state index contributed by atoms with van der Waals surface area (Å²) in [5.74, 6) is 2.05. The van der Waals surface area contributed by atoms with E-state index in [0.717, 1.165) is 42.2 Å². The van der Waals surface area contributed by atoms with Crippen LogP contribution in [-0.2, 0) is 4.79 Å². The molecule has 1 saturated carbocycles. The van der Waals surface area contributed by atoms with E-state index in [1.54, 1.807) is 6.92 Å². The second-order valence-electron chi connectivity index (χ2n) is 6.77. The fourth-order valence-electron chi connectivity index (χ4n) is 3.69. The molecule has 0 N–H and O–H groups in total. The Hall–Kier alpha value is -1.88. The average Bonchev–Trinajstić information content (AvgIpc) is 3.27. The van der Waals surface area contributed by atoms with E-state index in [9.17, 15) is 4.79 Å². The van der Waals surface area contributed by atoms with Crippen LogP contribution in [0, 0.1) is 12.8 Å². The predicted octanol–water partition coefficient (Wildman–Crippen LogP) is 3.54. The Balaban J connectivity index is 1.43. The summed E-state index contributed by atoms with van der Waals surface area (Å²) in [6, 6.07) is 7.83. The van der Waals surface area contributed by atoms with Crippen molar-refractivity contribution in [1.82, 2.24) is 15.0 Å². The van der Waals surface area contributed by atoms with Gasteiger partial charge in [0.15, 0.2) is 5.82 Å². The van der Waals surface area contributed by atoms with Crippen LogP contribution in [0.3, 0.4) is 0 Å². The van der Waals surface area contributed by atoms with Gasteiger partial charge in [0.05, 0.1) is 0 Å². The normalized spacial score (nSPS) is 26.4. The smallest absolute Gasteiger partial charge is 0.226 e. The highest BCUT2D eigenvalue weighted by molar-refractivity contribution is 6.31. The van der Waals surface area contributed by atoms with Crippen LogP contribution in [-0.4, -0.2) is 34.0 Å². The third kappa shape index (κ3) is 2.93. The van der Waals surface area contributed by atoms with Crippen molar-refractivity contribution in [2.75, 3.05) is 13.1 Å². The zero-order valence-electron chi connectivity index (χ0n) is 13.6. The molecule has 0 spiro atoms. The Kier molecular flexibility index (Phi) is 4.04. The van der Waals surface area contributed by atoms with Crippen LogP contribution in [0.5, 0.6) is 0 Å². The van der Waals surface area contributed by atoms with Gasteiger partial charge in [-0.25, -0.2) is 0 Å². The Bertz CT molecular complexity index is 760. The lowest BCUT2D eigenvalue weighted by Crippen LogP contribution is -2.40. The number of likely N-dealkylation sites (tertiary alicyclic amines) is 1. The first-order chi connectivity index (χ1) is 11.6. The summed E-state index contributed by atoms with van der Waals surface area (Å²) < 4.78 is 5.08. The van der Waals surface area contributed by atoms with E-state index in [2.05, 4.69) is 10.1 Å². The number of benzene rings is 1. The molecule has 1 amide bonds. The number of carbonyl (C=O) groups is 1. The molecule has 2 fully saturated rings. The monoisotopic (exact) mass is 345 g/mol. The number of halogens is 1. The number of piperidine rings is 1. The molecule has 1 aromatic heterocycles. The van der Waals surface area contributed by atoms with E-state index < -0.39 is 0 Å². The zero-order valence-corrected chi connectivity index (χ0v) is 14.4. The molecule has 1 saturated heterocycles. The number of carbonyl (C=O) groups excluding carboxylic acids is 1. The number of aryl methyl sites for hydroxylation is 1. The second-order valence-corrected chi connectivity index (χ2v) is 7.17. The van der Waals surface area contributed by atoms with Crippen LogP contribution in [0.1, 0.15) is 48.4 Å². The van der Waals surface area contributed by atoms with Gasteiger partial charge in [0, 0.05) is 36.9 Å². The minimum absolute atomic E-state index is 0.0654. The molecule has 1 aliphatic carbocycles. The molecule has 0 unspecified atom stereocenters. The maximum atomic E-state index is 12.9. The van der Waals surface area contributed by atoms with Crippen LogP contribution in [0.25, 0.3) is 0 Å². The Morgan fingerprint density at radius 3 is 2.96 bits per heavy atom. The average molecular weight is 346 g/mol. The number of aromatic nitrogens is 2. The third-order valence-electron chi connectivity index (χ3n) is 5.05. The maximum Gasteiger partial charge on any atom is 0.226 e. The molecule has 126 valence electrons. The molecule has 24 heavy (non-hydrogen) atoms. The molecule has 3 atom stereocenters. The summed E-state index contributed by atoms with van der Waals surface area (Å²) in [6.07, 6.45) is 2.87. The van der Waals surface area contributed by atoms with Gasteiger partial charge < -0.3 is 9.42 Å². The summed E-state index contributed by atoms with van der Waals surface area (Å²) in [5.41, 5.74) is 1.10. The molecule has 1 aromatic carbocycles. The highest BCUT2D eigenvalue weighted by Crippen LogP contribution is 2.50. The largest absolute Gasteiger partial charge is 0.342 e. The van der Waals surface area contributed by atoms with E-state index in [1.165, 1.54) is 0 Å². The topological polar surface area (TPSA) is 59.2 Å². The summed E-state index contributed by atoms with van der Waals surface area (Å²) in [7, 11) is 0. The lowest BCUT2D eigenvalue weighted by atomic mass is 9.96. The molecule has 0 radical (unpaired) electrons. The molecule has 2 aromatic rings. The zero-order chi connectivity index (χ0) is 16.7. The number of hydrogen-bond acceptors (Lipinski definition) is 4. The number of amides is 1. The minimum Gasteiger partial charge on any atom is -0.342 e. The number of nitrogens with zero attached hydrogens (tertiary/aromatic N) is 3. The SMILES string of the molecule is Cc1nc([C@@H]2CCCN(C(=O)[C@@H]3C[C@@H]3c3ccccc3Cl)C2)no1. The van der Waals surface area contributed by atoms with Crippen LogP contribution < -0.4 is 0 Å². The Morgan fingerprint density at radius 1 is 1.38 bits per heavy atom. The predicted molar refractivity (Wildman–Crippen MR) is 89.9 cm³/mol. The van der Waals surface area contributed by atoms with E-state index in [-0.39, 0.29) is 23.7 Å². The van der Waals surface area contributed by atoms with Crippen molar-refractivity contribution in [3.63, 3.8) is 0 Å². The van der Waals surface area contributed by atoms with Gasteiger partial charge in [-0.15, -0.1) is 0 Å². The van der Waals surface area contributed by atoms with Crippen LogP contribution in [0.2, 0.25) is 5.02 Å². The third-order valence-corrected chi connectivity index (χ3v) is 5.40. The van der Waals surface area contributed by atoms with Crippen molar-refractivity contribution in [1.29, 1.82) is 0 Å². The highest BCUT2D eigenvalue weighted by atomic mass is 35.5. The Morgan fingerprint density at radius 2 is 2.21 bits per heavy atom. The van der Waals surface area contributed by atoms with Gasteiger partial charge in [-0.2, -0.15) is 4.98 Å². The lowest BCUT2D eigenvalue weighted by Gasteiger charge is -2.31. The van der Waals surface area contributed by atoms with Gasteiger partial charge in [-0.1, -0.05) is 35.0 Å². The van der Waals surface area contributed by atoms with Crippen molar-refractivity contribution in [3.05, 3.63) is 46.6 Å². The minimum atomic E-state index is 0.0654. The molecular weight excluding hydrogens is 326 g/mol. The van der Waals surface area contributed by atoms with Crippen LogP contribution >= 0.6 is 11.6 Å². The van der Waals surface area contributed by atoms with Gasteiger partial charge in [0.1, 0.15) is 0 Å². The molecular formula is C18H20ClN3O2. The number of rotatable bonds is 3. The number of hydrogen-bond donors (Lipinski definition) is 0. The van der Waals surface area contributed by atoms with Gasteiger partial charge in [-0.3, -0.25) is 4.79 Å². The molecule has 2 aliphatic rings. The molecule has 4 rings (SSSR count). The van der Waals surface area contributed by atoms with E-state index in [4.69, 9.17) is 16.1 Å². The first-order valence-corrected chi connectivity index (χ1v) is 8.84. The summed E-state index contributed by atoms with van der Waals surface area (Å²) in [6.45, 7) is 3.29. The maximum absolute atomic E-state index is 12.9. The molecule has 2 heterocycles. The van der Waals surface area contributed by atoms with E-state index >= 15 is 0 Å².